The number of amides is 2. The van der Waals surface area contributed by atoms with Crippen molar-refractivity contribution in [1.29, 1.82) is 0 Å². The lowest BCUT2D eigenvalue weighted by Gasteiger charge is -2.06. The van der Waals surface area contributed by atoms with E-state index in [-0.39, 0.29) is 11.8 Å². The van der Waals surface area contributed by atoms with Crippen molar-refractivity contribution in [1.82, 2.24) is 5.43 Å². The standard InChI is InChI=1S/C23H20ClN3O3/c1-16(28)26-21-4-2-3-19(13-21)23(29)27-25-14-17-7-11-22(12-8-17)30-15-18-5-9-20(24)10-6-18/h2-14H,15H2,1H3,(H,26,28)(H,27,29). The second kappa shape index (κ2) is 10.2. The van der Waals surface area contributed by atoms with Crippen molar-refractivity contribution >= 4 is 35.3 Å². The molecule has 0 heterocycles. The van der Waals surface area contributed by atoms with Gasteiger partial charge in [0.25, 0.3) is 5.91 Å². The van der Waals surface area contributed by atoms with Crippen molar-refractivity contribution in [3.63, 3.8) is 0 Å². The fraction of sp³-hybridized carbons (Fsp3) is 0.0870. The van der Waals surface area contributed by atoms with Crippen LogP contribution >= 0.6 is 11.6 Å². The van der Waals surface area contributed by atoms with Gasteiger partial charge in [-0.15, -0.1) is 0 Å². The van der Waals surface area contributed by atoms with Gasteiger partial charge in [0, 0.05) is 23.2 Å². The van der Waals surface area contributed by atoms with Crippen molar-refractivity contribution in [3.8, 4) is 5.75 Å². The van der Waals surface area contributed by atoms with Gasteiger partial charge in [0.15, 0.2) is 0 Å². The van der Waals surface area contributed by atoms with E-state index in [1.54, 1.807) is 30.5 Å². The average Bonchev–Trinajstić information content (AvgIpc) is 2.74. The van der Waals surface area contributed by atoms with Crippen molar-refractivity contribution in [2.24, 2.45) is 5.10 Å². The first kappa shape index (κ1) is 21.1. The molecular formula is C23H20ClN3O3. The van der Waals surface area contributed by atoms with E-state index in [9.17, 15) is 9.59 Å². The number of rotatable bonds is 7. The molecule has 0 saturated heterocycles. The van der Waals surface area contributed by atoms with Crippen LogP contribution in [0.15, 0.2) is 77.9 Å². The first-order valence-corrected chi connectivity index (χ1v) is 9.56. The SMILES string of the molecule is CC(=O)Nc1cccc(C(=O)NN=Cc2ccc(OCc3ccc(Cl)cc3)cc2)c1. The van der Waals surface area contributed by atoms with Crippen LogP contribution in [-0.4, -0.2) is 18.0 Å². The van der Waals surface area contributed by atoms with E-state index in [4.69, 9.17) is 16.3 Å². The van der Waals surface area contributed by atoms with Crippen LogP contribution < -0.4 is 15.5 Å². The molecule has 0 bridgehead atoms. The van der Waals surface area contributed by atoms with Gasteiger partial charge in [-0.3, -0.25) is 9.59 Å². The molecule has 0 aliphatic carbocycles. The number of carbonyl (C=O) groups excluding carboxylic acids is 2. The van der Waals surface area contributed by atoms with Crippen LogP contribution in [0.25, 0.3) is 0 Å². The minimum absolute atomic E-state index is 0.203. The second-order valence-electron chi connectivity index (χ2n) is 6.45. The van der Waals surface area contributed by atoms with Crippen LogP contribution in [-0.2, 0) is 11.4 Å². The molecule has 0 atom stereocenters. The number of hydrogen-bond acceptors (Lipinski definition) is 4. The summed E-state index contributed by atoms with van der Waals surface area (Å²) in [6.07, 6.45) is 1.54. The van der Waals surface area contributed by atoms with Gasteiger partial charge in [0.05, 0.1) is 6.21 Å². The number of carbonyl (C=O) groups is 2. The monoisotopic (exact) mass is 421 g/mol. The first-order valence-electron chi connectivity index (χ1n) is 9.18. The smallest absolute Gasteiger partial charge is 0.271 e. The lowest BCUT2D eigenvalue weighted by atomic mass is 10.2. The van der Waals surface area contributed by atoms with E-state index in [1.165, 1.54) is 6.92 Å². The largest absolute Gasteiger partial charge is 0.489 e. The maximum Gasteiger partial charge on any atom is 0.271 e. The Morgan fingerprint density at radius 1 is 1.03 bits per heavy atom. The van der Waals surface area contributed by atoms with Crippen molar-refractivity contribution in [2.45, 2.75) is 13.5 Å². The molecular weight excluding hydrogens is 402 g/mol. The molecule has 152 valence electrons. The maximum absolute atomic E-state index is 12.2. The average molecular weight is 422 g/mol. The minimum Gasteiger partial charge on any atom is -0.489 e. The van der Waals surface area contributed by atoms with Crippen LogP contribution in [0.4, 0.5) is 5.69 Å². The van der Waals surface area contributed by atoms with Gasteiger partial charge in [-0.1, -0.05) is 29.8 Å². The van der Waals surface area contributed by atoms with Crippen LogP contribution in [0.2, 0.25) is 5.02 Å². The summed E-state index contributed by atoms with van der Waals surface area (Å²) in [6.45, 7) is 1.85. The Bertz CT molecular complexity index is 1050. The van der Waals surface area contributed by atoms with Gasteiger partial charge in [0.2, 0.25) is 5.91 Å². The number of anilines is 1. The second-order valence-corrected chi connectivity index (χ2v) is 6.88. The highest BCUT2D eigenvalue weighted by Crippen LogP contribution is 2.15. The van der Waals surface area contributed by atoms with Crippen LogP contribution in [0, 0.1) is 0 Å². The summed E-state index contributed by atoms with van der Waals surface area (Å²) < 4.78 is 5.74. The molecule has 30 heavy (non-hydrogen) atoms. The predicted octanol–water partition coefficient (Wildman–Crippen LogP) is 4.64. The van der Waals surface area contributed by atoms with Crippen LogP contribution in [0.1, 0.15) is 28.4 Å². The maximum atomic E-state index is 12.2. The Kier molecular flexibility index (Phi) is 7.19. The molecule has 3 aromatic carbocycles. The molecule has 0 fully saturated rings. The molecule has 0 saturated carbocycles. The quantitative estimate of drug-likeness (QED) is 0.430. The van der Waals surface area contributed by atoms with E-state index in [0.29, 0.717) is 22.9 Å². The molecule has 0 unspecified atom stereocenters. The number of halogens is 1. The van der Waals surface area contributed by atoms with E-state index >= 15 is 0 Å². The molecule has 0 aliphatic rings. The van der Waals surface area contributed by atoms with Gasteiger partial charge in [-0.25, -0.2) is 5.43 Å². The number of hydrogen-bond donors (Lipinski definition) is 2. The van der Waals surface area contributed by atoms with Crippen molar-refractivity contribution < 1.29 is 14.3 Å². The number of ether oxygens (including phenoxy) is 1. The normalized spacial score (nSPS) is 10.6. The third-order valence-corrected chi connectivity index (χ3v) is 4.28. The summed E-state index contributed by atoms with van der Waals surface area (Å²) in [5, 5.41) is 7.30. The highest BCUT2D eigenvalue weighted by Gasteiger charge is 2.05. The number of hydrazone groups is 1. The van der Waals surface area contributed by atoms with Crippen molar-refractivity contribution in [2.75, 3.05) is 5.32 Å². The summed E-state index contributed by atoms with van der Waals surface area (Å²) in [5.74, 6) is 0.147. The lowest BCUT2D eigenvalue weighted by molar-refractivity contribution is -0.114. The summed E-state index contributed by atoms with van der Waals surface area (Å²) in [6, 6.07) is 21.4. The molecule has 7 heteroatoms. The molecule has 0 radical (unpaired) electrons. The van der Waals surface area contributed by atoms with E-state index in [2.05, 4.69) is 15.8 Å². The Morgan fingerprint density at radius 2 is 1.77 bits per heavy atom. The Morgan fingerprint density at radius 3 is 2.47 bits per heavy atom. The van der Waals surface area contributed by atoms with Crippen LogP contribution in [0.5, 0.6) is 5.75 Å². The zero-order valence-electron chi connectivity index (χ0n) is 16.3. The van der Waals surface area contributed by atoms with Gasteiger partial charge in [-0.05, 0) is 65.7 Å². The summed E-state index contributed by atoms with van der Waals surface area (Å²) in [5.41, 5.74) is 5.24. The Balaban J connectivity index is 1.51. The third-order valence-electron chi connectivity index (χ3n) is 4.02. The minimum atomic E-state index is -0.374. The van der Waals surface area contributed by atoms with E-state index in [1.807, 2.05) is 48.5 Å². The zero-order valence-corrected chi connectivity index (χ0v) is 17.0. The van der Waals surface area contributed by atoms with E-state index < -0.39 is 0 Å². The predicted molar refractivity (Wildman–Crippen MR) is 118 cm³/mol. The number of benzene rings is 3. The molecule has 2 amide bonds. The van der Waals surface area contributed by atoms with Crippen LogP contribution in [0.3, 0.4) is 0 Å². The third kappa shape index (κ3) is 6.46. The molecule has 6 nitrogen and oxygen atoms in total. The highest BCUT2D eigenvalue weighted by molar-refractivity contribution is 6.30. The Hall–Kier alpha value is -3.64. The van der Waals surface area contributed by atoms with Gasteiger partial charge >= 0.3 is 0 Å². The molecule has 3 rings (SSSR count). The molecule has 0 aromatic heterocycles. The number of nitrogens with zero attached hydrogens (tertiary/aromatic N) is 1. The molecule has 0 aliphatic heterocycles. The lowest BCUT2D eigenvalue weighted by Crippen LogP contribution is -2.18. The Labute approximate surface area is 179 Å². The zero-order chi connectivity index (χ0) is 21.3. The summed E-state index contributed by atoms with van der Waals surface area (Å²) in [7, 11) is 0. The van der Waals surface area contributed by atoms with Gasteiger partial charge in [0.1, 0.15) is 12.4 Å². The molecule has 2 N–H and O–H groups in total. The fourth-order valence-corrected chi connectivity index (χ4v) is 2.69. The topological polar surface area (TPSA) is 79.8 Å². The summed E-state index contributed by atoms with van der Waals surface area (Å²) >= 11 is 5.87. The summed E-state index contributed by atoms with van der Waals surface area (Å²) in [4.78, 5) is 23.3. The molecule has 0 spiro atoms. The van der Waals surface area contributed by atoms with Crippen molar-refractivity contribution in [3.05, 3.63) is 94.5 Å². The molecule has 3 aromatic rings. The van der Waals surface area contributed by atoms with E-state index in [0.717, 1.165) is 16.9 Å². The first-order chi connectivity index (χ1) is 14.5. The van der Waals surface area contributed by atoms with Gasteiger partial charge in [-0.2, -0.15) is 5.10 Å². The highest BCUT2D eigenvalue weighted by atomic mass is 35.5. The fourth-order valence-electron chi connectivity index (χ4n) is 2.57. The number of nitrogens with one attached hydrogen (secondary N) is 2. The van der Waals surface area contributed by atoms with Gasteiger partial charge < -0.3 is 10.1 Å².